The minimum atomic E-state index is -4.17. The molecule has 47 heavy (non-hydrogen) atoms. The summed E-state index contributed by atoms with van der Waals surface area (Å²) in [7, 11) is -4.17. The Morgan fingerprint density at radius 1 is 0.809 bits per heavy atom. The quantitative estimate of drug-likeness (QED) is 0.150. The Morgan fingerprint density at radius 2 is 1.43 bits per heavy atom. The predicted molar refractivity (Wildman–Crippen MR) is 190 cm³/mol. The van der Waals surface area contributed by atoms with E-state index in [1.807, 2.05) is 63.2 Å². The van der Waals surface area contributed by atoms with Crippen LogP contribution in [0.25, 0.3) is 0 Å². The summed E-state index contributed by atoms with van der Waals surface area (Å²) < 4.78 is 29.7. The molecule has 1 N–H and O–H groups in total. The van der Waals surface area contributed by atoms with Gasteiger partial charge in [-0.1, -0.05) is 105 Å². The highest BCUT2D eigenvalue weighted by atomic mass is 35.5. The number of nitrogens with zero attached hydrogens (tertiary/aromatic N) is 2. The molecule has 9 heteroatoms. The second-order valence-corrected chi connectivity index (χ2v) is 14.5. The fraction of sp³-hybridized carbons (Fsp3) is 0.316. The van der Waals surface area contributed by atoms with Crippen LogP contribution in [0.2, 0.25) is 5.02 Å². The molecule has 0 aromatic heterocycles. The molecule has 0 aliphatic heterocycles. The fourth-order valence-corrected chi connectivity index (χ4v) is 6.71. The number of aryl methyl sites for hydroxylation is 1. The first-order valence-electron chi connectivity index (χ1n) is 16.0. The van der Waals surface area contributed by atoms with E-state index in [1.165, 1.54) is 4.90 Å². The first-order valence-corrected chi connectivity index (χ1v) is 17.8. The zero-order chi connectivity index (χ0) is 34.1. The van der Waals surface area contributed by atoms with Gasteiger partial charge in [-0.05, 0) is 79.3 Å². The van der Waals surface area contributed by atoms with Gasteiger partial charge in [-0.25, -0.2) is 8.42 Å². The van der Waals surface area contributed by atoms with E-state index in [0.717, 1.165) is 26.6 Å². The number of rotatable bonds is 14. The molecule has 4 aromatic carbocycles. The van der Waals surface area contributed by atoms with Crippen molar-refractivity contribution in [3.8, 4) is 0 Å². The lowest BCUT2D eigenvalue weighted by molar-refractivity contribution is -0.140. The van der Waals surface area contributed by atoms with Crippen LogP contribution in [-0.2, 0) is 32.6 Å². The highest BCUT2D eigenvalue weighted by Crippen LogP contribution is 2.27. The number of hydrogen-bond donors (Lipinski definition) is 1. The number of amides is 2. The van der Waals surface area contributed by atoms with E-state index in [2.05, 4.69) is 19.2 Å². The van der Waals surface area contributed by atoms with E-state index in [0.29, 0.717) is 17.1 Å². The van der Waals surface area contributed by atoms with Crippen LogP contribution < -0.4 is 9.62 Å². The van der Waals surface area contributed by atoms with Crippen LogP contribution in [0.1, 0.15) is 62.3 Å². The van der Waals surface area contributed by atoms with E-state index in [9.17, 15) is 18.0 Å². The largest absolute Gasteiger partial charge is 0.352 e. The summed E-state index contributed by atoms with van der Waals surface area (Å²) >= 11 is 6.17. The Bertz CT molecular complexity index is 1730. The Labute approximate surface area is 284 Å². The number of sulfonamides is 1. The minimum absolute atomic E-state index is 0.0726. The van der Waals surface area contributed by atoms with E-state index in [1.54, 1.807) is 60.7 Å². The Morgan fingerprint density at radius 3 is 2.00 bits per heavy atom. The number of carbonyl (C=O) groups excluding carboxylic acids is 2. The summed E-state index contributed by atoms with van der Waals surface area (Å²) in [6, 6.07) is 29.3. The van der Waals surface area contributed by atoms with Crippen LogP contribution >= 0.6 is 11.6 Å². The molecule has 2 unspecified atom stereocenters. The number of benzene rings is 4. The number of anilines is 1. The summed E-state index contributed by atoms with van der Waals surface area (Å²) in [5.41, 5.74) is 3.95. The van der Waals surface area contributed by atoms with Crippen molar-refractivity contribution in [2.24, 2.45) is 0 Å². The highest BCUT2D eigenvalue weighted by Gasteiger charge is 2.35. The monoisotopic (exact) mass is 673 g/mol. The van der Waals surface area contributed by atoms with Crippen LogP contribution in [0.15, 0.2) is 108 Å². The fourth-order valence-electron chi connectivity index (χ4n) is 5.17. The normalized spacial score (nSPS) is 12.7. The summed E-state index contributed by atoms with van der Waals surface area (Å²) in [4.78, 5) is 30.1. The smallest absolute Gasteiger partial charge is 0.264 e. The van der Waals surface area contributed by atoms with Gasteiger partial charge in [0.05, 0.1) is 10.6 Å². The van der Waals surface area contributed by atoms with Crippen LogP contribution in [-0.4, -0.2) is 43.8 Å². The maximum atomic E-state index is 14.6. The van der Waals surface area contributed by atoms with Crippen molar-refractivity contribution >= 4 is 39.1 Å². The molecule has 0 saturated carbocycles. The van der Waals surface area contributed by atoms with Crippen molar-refractivity contribution in [3.05, 3.63) is 130 Å². The Hall–Kier alpha value is -4.14. The van der Waals surface area contributed by atoms with E-state index in [4.69, 9.17) is 11.6 Å². The van der Waals surface area contributed by atoms with Crippen molar-refractivity contribution in [1.82, 2.24) is 10.2 Å². The molecule has 0 bridgehead atoms. The summed E-state index contributed by atoms with van der Waals surface area (Å²) in [6.07, 6.45) is 0.958. The van der Waals surface area contributed by atoms with Gasteiger partial charge in [0.25, 0.3) is 10.0 Å². The standard InChI is InChI=1S/C38H44ClN3O4S/c1-6-29(5)40-38(44)36(24-30-10-8-7-9-11-30)41(25-31-14-18-33(39)19-15-31)37(43)26-42(34-20-16-32(17-21-34)27(2)3)47(45,46)35-22-12-28(4)13-23-35/h7-23,27,29,36H,6,24-26H2,1-5H3,(H,40,44). The molecule has 2 atom stereocenters. The summed E-state index contributed by atoms with van der Waals surface area (Å²) in [5, 5.41) is 3.60. The molecular weight excluding hydrogens is 630 g/mol. The third-order valence-electron chi connectivity index (χ3n) is 8.27. The van der Waals surface area contributed by atoms with Gasteiger partial charge >= 0.3 is 0 Å². The van der Waals surface area contributed by atoms with Gasteiger partial charge in [-0.15, -0.1) is 0 Å². The van der Waals surface area contributed by atoms with Gasteiger partial charge in [-0.2, -0.15) is 0 Å². The SMILES string of the molecule is CCC(C)NC(=O)C(Cc1ccccc1)N(Cc1ccc(Cl)cc1)C(=O)CN(c1ccc(C(C)C)cc1)S(=O)(=O)c1ccc(C)cc1. The average molecular weight is 674 g/mol. The van der Waals surface area contributed by atoms with Gasteiger partial charge in [0, 0.05) is 24.0 Å². The van der Waals surface area contributed by atoms with Crippen LogP contribution in [0.5, 0.6) is 0 Å². The van der Waals surface area contributed by atoms with Crippen molar-refractivity contribution < 1.29 is 18.0 Å². The molecule has 4 rings (SSSR count). The van der Waals surface area contributed by atoms with E-state index in [-0.39, 0.29) is 35.7 Å². The molecule has 2 amide bonds. The van der Waals surface area contributed by atoms with Crippen LogP contribution in [0.3, 0.4) is 0 Å². The third-order valence-corrected chi connectivity index (χ3v) is 10.3. The molecule has 0 spiro atoms. The molecule has 248 valence electrons. The Kier molecular flexibility index (Phi) is 12.2. The van der Waals surface area contributed by atoms with E-state index >= 15 is 0 Å². The van der Waals surface area contributed by atoms with Gasteiger partial charge < -0.3 is 10.2 Å². The van der Waals surface area contributed by atoms with Gasteiger partial charge in [0.2, 0.25) is 11.8 Å². The lowest BCUT2D eigenvalue weighted by Gasteiger charge is -2.34. The highest BCUT2D eigenvalue weighted by molar-refractivity contribution is 7.92. The molecule has 0 heterocycles. The lowest BCUT2D eigenvalue weighted by Crippen LogP contribution is -2.54. The molecule has 0 radical (unpaired) electrons. The topological polar surface area (TPSA) is 86.8 Å². The second-order valence-electron chi connectivity index (χ2n) is 12.2. The molecule has 0 saturated heterocycles. The lowest BCUT2D eigenvalue weighted by atomic mass is 10.0. The average Bonchev–Trinajstić information content (AvgIpc) is 3.06. The predicted octanol–water partition coefficient (Wildman–Crippen LogP) is 7.52. The van der Waals surface area contributed by atoms with Crippen LogP contribution in [0.4, 0.5) is 5.69 Å². The zero-order valence-corrected chi connectivity index (χ0v) is 29.3. The summed E-state index contributed by atoms with van der Waals surface area (Å²) in [5.74, 6) is -0.575. The number of nitrogens with one attached hydrogen (secondary N) is 1. The maximum absolute atomic E-state index is 14.6. The molecule has 0 fully saturated rings. The van der Waals surface area contributed by atoms with Gasteiger partial charge in [0.15, 0.2) is 0 Å². The summed E-state index contributed by atoms with van der Waals surface area (Å²) in [6.45, 7) is 9.47. The Balaban J connectivity index is 1.81. The third kappa shape index (κ3) is 9.46. The van der Waals surface area contributed by atoms with Crippen molar-refractivity contribution in [1.29, 1.82) is 0 Å². The molecule has 0 aliphatic carbocycles. The van der Waals surface area contributed by atoms with Gasteiger partial charge in [0.1, 0.15) is 12.6 Å². The first kappa shape index (κ1) is 35.7. The molecular formula is C38H44ClN3O4S. The minimum Gasteiger partial charge on any atom is -0.352 e. The van der Waals surface area contributed by atoms with Crippen molar-refractivity contribution in [2.45, 2.75) is 76.9 Å². The maximum Gasteiger partial charge on any atom is 0.264 e. The molecule has 7 nitrogen and oxygen atoms in total. The number of hydrogen-bond acceptors (Lipinski definition) is 4. The molecule has 4 aromatic rings. The van der Waals surface area contributed by atoms with Crippen molar-refractivity contribution in [3.63, 3.8) is 0 Å². The van der Waals surface area contributed by atoms with Gasteiger partial charge in [-0.3, -0.25) is 13.9 Å². The zero-order valence-electron chi connectivity index (χ0n) is 27.7. The number of halogens is 1. The molecule has 0 aliphatic rings. The number of carbonyl (C=O) groups is 2. The first-order chi connectivity index (χ1) is 22.4. The second kappa shape index (κ2) is 16.1. The van der Waals surface area contributed by atoms with E-state index < -0.39 is 28.5 Å². The van der Waals surface area contributed by atoms with Crippen LogP contribution in [0, 0.1) is 6.92 Å². The van der Waals surface area contributed by atoms with Crippen molar-refractivity contribution in [2.75, 3.05) is 10.8 Å².